The summed E-state index contributed by atoms with van der Waals surface area (Å²) in [5, 5.41) is 19.2. The Kier molecular flexibility index (Phi) is 3.78. The number of benzene rings is 2. The first-order valence-electron chi connectivity index (χ1n) is 8.09. The number of carbonyl (C=O) groups is 1. The van der Waals surface area contributed by atoms with E-state index in [2.05, 4.69) is 29.3 Å². The van der Waals surface area contributed by atoms with Crippen molar-refractivity contribution in [3.63, 3.8) is 0 Å². The normalized spacial score (nSPS) is 15.0. The molecule has 4 rings (SSSR count). The van der Waals surface area contributed by atoms with Crippen LogP contribution in [0, 0.1) is 11.3 Å². The standard InChI is InChI=1S/C20H16N2O2S/c21-12-20(7-8-20)15-3-1-13(2-4-15)18-10-14-9-16(25-11-19(23)24)5-6-17(14)22-18/h1-6,9-10,22H,7-8,11H2,(H,23,24). The van der Waals surface area contributed by atoms with E-state index in [4.69, 9.17) is 5.11 Å². The molecule has 3 aromatic rings. The zero-order valence-corrected chi connectivity index (χ0v) is 14.3. The average molecular weight is 348 g/mol. The van der Waals surface area contributed by atoms with Gasteiger partial charge in [0.15, 0.2) is 0 Å². The third kappa shape index (κ3) is 3.01. The number of hydrogen-bond acceptors (Lipinski definition) is 3. The third-order valence-electron chi connectivity index (χ3n) is 4.67. The maximum atomic E-state index is 10.7. The summed E-state index contributed by atoms with van der Waals surface area (Å²) in [5.41, 5.74) is 3.96. The highest BCUT2D eigenvalue weighted by Crippen LogP contribution is 2.47. The van der Waals surface area contributed by atoms with Crippen molar-refractivity contribution in [2.24, 2.45) is 0 Å². The van der Waals surface area contributed by atoms with Crippen LogP contribution >= 0.6 is 11.8 Å². The number of aromatic amines is 1. The van der Waals surface area contributed by atoms with Crippen LogP contribution in [0.25, 0.3) is 22.2 Å². The van der Waals surface area contributed by atoms with Gasteiger partial charge in [0.2, 0.25) is 0 Å². The number of carboxylic acid groups (broad SMARTS) is 1. The van der Waals surface area contributed by atoms with Crippen molar-refractivity contribution in [3.8, 4) is 17.3 Å². The van der Waals surface area contributed by atoms with Gasteiger partial charge in [0.05, 0.1) is 17.2 Å². The summed E-state index contributed by atoms with van der Waals surface area (Å²) in [5.74, 6) is -0.754. The summed E-state index contributed by atoms with van der Waals surface area (Å²) >= 11 is 1.32. The summed E-state index contributed by atoms with van der Waals surface area (Å²) in [7, 11) is 0. The molecule has 0 unspecified atom stereocenters. The van der Waals surface area contributed by atoms with Crippen molar-refractivity contribution >= 4 is 28.6 Å². The smallest absolute Gasteiger partial charge is 0.313 e. The Morgan fingerprint density at radius 2 is 1.96 bits per heavy atom. The lowest BCUT2D eigenvalue weighted by atomic mass is 9.96. The summed E-state index contributed by atoms with van der Waals surface area (Å²) < 4.78 is 0. The van der Waals surface area contributed by atoms with E-state index in [9.17, 15) is 10.1 Å². The fourth-order valence-electron chi connectivity index (χ4n) is 3.06. The fourth-order valence-corrected chi connectivity index (χ4v) is 3.72. The number of H-pyrrole nitrogens is 1. The van der Waals surface area contributed by atoms with Crippen molar-refractivity contribution in [1.29, 1.82) is 5.26 Å². The third-order valence-corrected chi connectivity index (χ3v) is 5.65. The molecule has 0 amide bonds. The Bertz CT molecular complexity index is 995. The molecule has 1 heterocycles. The largest absolute Gasteiger partial charge is 0.481 e. The Labute approximate surface area is 149 Å². The van der Waals surface area contributed by atoms with Gasteiger partial charge in [-0.3, -0.25) is 4.79 Å². The molecule has 0 atom stereocenters. The number of fused-ring (bicyclic) bond motifs is 1. The summed E-state index contributed by atoms with van der Waals surface area (Å²) in [6, 6.07) is 18.6. The Morgan fingerprint density at radius 3 is 2.60 bits per heavy atom. The van der Waals surface area contributed by atoms with Crippen molar-refractivity contribution in [3.05, 3.63) is 54.1 Å². The topological polar surface area (TPSA) is 76.9 Å². The first kappa shape index (κ1) is 15.8. The monoisotopic (exact) mass is 348 g/mol. The van der Waals surface area contributed by atoms with Crippen molar-refractivity contribution in [2.75, 3.05) is 5.75 Å². The number of nitrogens with one attached hydrogen (secondary N) is 1. The van der Waals surface area contributed by atoms with Crippen LogP contribution in [0.2, 0.25) is 0 Å². The average Bonchev–Trinajstić information content (AvgIpc) is 3.32. The molecule has 0 aliphatic heterocycles. The predicted octanol–water partition coefficient (Wildman–Crippen LogP) is 4.57. The molecule has 5 heteroatoms. The number of nitrogens with zero attached hydrogens (tertiary/aromatic N) is 1. The molecule has 25 heavy (non-hydrogen) atoms. The molecule has 0 radical (unpaired) electrons. The maximum Gasteiger partial charge on any atom is 0.313 e. The second kappa shape index (κ2) is 5.98. The molecular formula is C20H16N2O2S. The lowest BCUT2D eigenvalue weighted by molar-refractivity contribution is -0.133. The molecule has 0 saturated heterocycles. The molecular weight excluding hydrogens is 332 g/mol. The molecule has 124 valence electrons. The van der Waals surface area contributed by atoms with E-state index in [1.54, 1.807) is 0 Å². The second-order valence-electron chi connectivity index (χ2n) is 6.39. The number of thioether (sulfide) groups is 1. The van der Waals surface area contributed by atoms with Crippen LogP contribution in [0.1, 0.15) is 18.4 Å². The molecule has 1 aromatic heterocycles. The van der Waals surface area contributed by atoms with Gasteiger partial charge in [-0.25, -0.2) is 0 Å². The van der Waals surface area contributed by atoms with Crippen LogP contribution in [0.4, 0.5) is 0 Å². The maximum absolute atomic E-state index is 10.7. The molecule has 1 saturated carbocycles. The zero-order chi connectivity index (χ0) is 17.4. The summed E-state index contributed by atoms with van der Waals surface area (Å²) in [6.07, 6.45) is 1.90. The van der Waals surface area contributed by atoms with Gasteiger partial charge in [-0.2, -0.15) is 5.26 Å². The van der Waals surface area contributed by atoms with Gasteiger partial charge in [-0.05, 0) is 48.2 Å². The number of nitriles is 1. The molecule has 1 fully saturated rings. The number of hydrogen-bond donors (Lipinski definition) is 2. The van der Waals surface area contributed by atoms with Gasteiger partial charge >= 0.3 is 5.97 Å². The second-order valence-corrected chi connectivity index (χ2v) is 7.43. The van der Waals surface area contributed by atoms with Crippen LogP contribution in [0.5, 0.6) is 0 Å². The van der Waals surface area contributed by atoms with Crippen LogP contribution in [0.3, 0.4) is 0 Å². The highest BCUT2D eigenvalue weighted by atomic mass is 32.2. The molecule has 4 nitrogen and oxygen atoms in total. The van der Waals surface area contributed by atoms with Crippen molar-refractivity contribution < 1.29 is 9.90 Å². The van der Waals surface area contributed by atoms with E-state index in [1.165, 1.54) is 11.8 Å². The van der Waals surface area contributed by atoms with E-state index >= 15 is 0 Å². The van der Waals surface area contributed by atoms with Crippen LogP contribution < -0.4 is 0 Å². The number of rotatable bonds is 5. The lowest BCUT2D eigenvalue weighted by Crippen LogP contribution is -2.01. The van der Waals surface area contributed by atoms with Gasteiger partial charge in [0, 0.05) is 21.5 Å². The molecule has 0 bridgehead atoms. The molecule has 0 spiro atoms. The van der Waals surface area contributed by atoms with Gasteiger partial charge < -0.3 is 10.1 Å². The molecule has 1 aliphatic rings. The summed E-state index contributed by atoms with van der Waals surface area (Å²) in [4.78, 5) is 15.0. The van der Waals surface area contributed by atoms with E-state index in [-0.39, 0.29) is 11.2 Å². The lowest BCUT2D eigenvalue weighted by Gasteiger charge is -2.06. The van der Waals surface area contributed by atoms with E-state index < -0.39 is 5.97 Å². The van der Waals surface area contributed by atoms with Crippen molar-refractivity contribution in [1.82, 2.24) is 4.98 Å². The molecule has 2 N–H and O–H groups in total. The van der Waals surface area contributed by atoms with Crippen LogP contribution in [-0.4, -0.2) is 21.8 Å². The zero-order valence-electron chi connectivity index (χ0n) is 13.5. The van der Waals surface area contributed by atoms with Crippen LogP contribution in [-0.2, 0) is 10.2 Å². The van der Waals surface area contributed by atoms with Crippen LogP contribution in [0.15, 0.2) is 53.4 Å². The minimum atomic E-state index is -0.814. The highest BCUT2D eigenvalue weighted by molar-refractivity contribution is 8.00. The van der Waals surface area contributed by atoms with Gasteiger partial charge in [0.1, 0.15) is 0 Å². The fraction of sp³-hybridized carbons (Fsp3) is 0.200. The Morgan fingerprint density at radius 1 is 1.20 bits per heavy atom. The minimum absolute atomic E-state index is 0.0604. The quantitative estimate of drug-likeness (QED) is 0.662. The molecule has 1 aliphatic carbocycles. The molecule has 2 aromatic carbocycles. The summed E-state index contributed by atoms with van der Waals surface area (Å²) in [6.45, 7) is 0. The number of carboxylic acids is 1. The van der Waals surface area contributed by atoms with E-state index in [0.29, 0.717) is 0 Å². The Balaban J connectivity index is 1.61. The Hall–Kier alpha value is -2.71. The number of aromatic nitrogens is 1. The van der Waals surface area contributed by atoms with E-state index in [0.717, 1.165) is 45.5 Å². The highest BCUT2D eigenvalue weighted by Gasteiger charge is 2.44. The van der Waals surface area contributed by atoms with Gasteiger partial charge in [0.25, 0.3) is 0 Å². The van der Waals surface area contributed by atoms with Gasteiger partial charge in [-0.1, -0.05) is 24.3 Å². The first-order chi connectivity index (χ1) is 12.1. The first-order valence-corrected chi connectivity index (χ1v) is 9.08. The predicted molar refractivity (Wildman–Crippen MR) is 98.6 cm³/mol. The van der Waals surface area contributed by atoms with Crippen molar-refractivity contribution in [2.45, 2.75) is 23.2 Å². The number of aliphatic carboxylic acids is 1. The van der Waals surface area contributed by atoms with E-state index in [1.807, 2.05) is 30.3 Å². The SMILES string of the molecule is N#CC1(c2ccc(-c3cc4cc(SCC(=O)O)ccc4[nH]3)cc2)CC1. The minimum Gasteiger partial charge on any atom is -0.481 e. The van der Waals surface area contributed by atoms with Gasteiger partial charge in [-0.15, -0.1) is 11.8 Å².